The SMILES string of the molecule is Cc1c(Cn2c(C)ccc(NC(=O)[C@@H](CC/C=C/C(=O)N(C)C)CN(C)C(=O)O)c2=O)[nH]c2c(CC(C)C)c(F)cnc12. The highest BCUT2D eigenvalue weighted by Gasteiger charge is 2.24. The molecule has 0 aliphatic heterocycles. The van der Waals surface area contributed by atoms with Gasteiger partial charge in [0.1, 0.15) is 11.5 Å². The van der Waals surface area contributed by atoms with Crippen LogP contribution in [0.1, 0.15) is 49.2 Å². The summed E-state index contributed by atoms with van der Waals surface area (Å²) >= 11 is 0. The molecule has 0 spiro atoms. The first-order valence-corrected chi connectivity index (χ1v) is 14.2. The zero-order valence-electron chi connectivity index (χ0n) is 25.8. The highest BCUT2D eigenvalue weighted by molar-refractivity contribution is 5.93. The average Bonchev–Trinajstić information content (AvgIpc) is 3.25. The van der Waals surface area contributed by atoms with Crippen LogP contribution in [0.15, 0.2) is 35.3 Å². The number of halogens is 1. The quantitative estimate of drug-likeness (QED) is 0.266. The van der Waals surface area contributed by atoms with Gasteiger partial charge >= 0.3 is 6.09 Å². The van der Waals surface area contributed by atoms with Gasteiger partial charge in [-0.05, 0) is 62.8 Å². The number of aryl methyl sites for hydroxylation is 2. The van der Waals surface area contributed by atoms with Crippen LogP contribution in [0.5, 0.6) is 0 Å². The van der Waals surface area contributed by atoms with Crippen LogP contribution in [-0.2, 0) is 22.6 Å². The Labute approximate surface area is 250 Å². The van der Waals surface area contributed by atoms with Crippen LogP contribution in [-0.4, -0.2) is 75.0 Å². The van der Waals surface area contributed by atoms with E-state index in [0.29, 0.717) is 40.8 Å². The molecule has 0 saturated heterocycles. The first-order valence-electron chi connectivity index (χ1n) is 14.2. The van der Waals surface area contributed by atoms with E-state index < -0.39 is 23.5 Å². The van der Waals surface area contributed by atoms with Crippen LogP contribution in [0.2, 0.25) is 0 Å². The average molecular weight is 597 g/mol. The second kappa shape index (κ2) is 14.1. The van der Waals surface area contributed by atoms with Gasteiger partial charge in [0, 0.05) is 44.6 Å². The number of fused-ring (bicyclic) bond motifs is 1. The summed E-state index contributed by atoms with van der Waals surface area (Å²) in [5, 5.41) is 12.0. The maximum Gasteiger partial charge on any atom is 0.407 e. The summed E-state index contributed by atoms with van der Waals surface area (Å²) in [6.07, 6.45) is 4.23. The lowest BCUT2D eigenvalue weighted by Crippen LogP contribution is -2.37. The molecule has 3 aromatic rings. The third kappa shape index (κ3) is 8.08. The smallest absolute Gasteiger partial charge is 0.407 e. The predicted octanol–water partition coefficient (Wildman–Crippen LogP) is 4.32. The van der Waals surface area contributed by atoms with Gasteiger partial charge in [0.15, 0.2) is 0 Å². The van der Waals surface area contributed by atoms with Crippen molar-refractivity contribution in [1.29, 1.82) is 0 Å². The first-order chi connectivity index (χ1) is 20.2. The monoisotopic (exact) mass is 596 g/mol. The zero-order chi connectivity index (χ0) is 32.0. The summed E-state index contributed by atoms with van der Waals surface area (Å²) in [5.41, 5.74) is 3.59. The Hall–Kier alpha value is -4.48. The number of aromatic amines is 1. The number of nitrogens with one attached hydrogen (secondary N) is 2. The molecule has 0 bridgehead atoms. The lowest BCUT2D eigenvalue weighted by molar-refractivity contribution is -0.123. The van der Waals surface area contributed by atoms with Crippen molar-refractivity contribution in [3.8, 4) is 0 Å². The Balaban J connectivity index is 1.88. The van der Waals surface area contributed by atoms with Crippen LogP contribution < -0.4 is 10.9 Å². The Kier molecular flexibility index (Phi) is 10.8. The van der Waals surface area contributed by atoms with Crippen molar-refractivity contribution in [2.75, 3.05) is 33.0 Å². The largest absolute Gasteiger partial charge is 0.465 e. The molecule has 12 heteroatoms. The Morgan fingerprint density at radius 2 is 1.88 bits per heavy atom. The van der Waals surface area contributed by atoms with Gasteiger partial charge in [-0.15, -0.1) is 0 Å². The van der Waals surface area contributed by atoms with Gasteiger partial charge in [0.2, 0.25) is 11.8 Å². The molecule has 0 aliphatic carbocycles. The predicted molar refractivity (Wildman–Crippen MR) is 164 cm³/mol. The number of nitrogens with zero attached hydrogens (tertiary/aromatic N) is 4. The summed E-state index contributed by atoms with van der Waals surface area (Å²) in [4.78, 5) is 60.2. The van der Waals surface area contributed by atoms with E-state index in [-0.39, 0.29) is 42.8 Å². The van der Waals surface area contributed by atoms with Crippen molar-refractivity contribution in [3.05, 3.63) is 69.2 Å². The lowest BCUT2D eigenvalue weighted by atomic mass is 10.0. The Bertz CT molecular complexity index is 1590. The first kappa shape index (κ1) is 33.0. The van der Waals surface area contributed by atoms with Gasteiger partial charge in [-0.2, -0.15) is 0 Å². The van der Waals surface area contributed by atoms with Crippen LogP contribution in [0.3, 0.4) is 0 Å². The van der Waals surface area contributed by atoms with E-state index in [4.69, 9.17) is 0 Å². The summed E-state index contributed by atoms with van der Waals surface area (Å²) in [5.74, 6) is -1.63. The molecule has 3 aromatic heterocycles. The highest BCUT2D eigenvalue weighted by Crippen LogP contribution is 2.27. The number of carboxylic acid groups (broad SMARTS) is 1. The van der Waals surface area contributed by atoms with Crippen molar-refractivity contribution >= 4 is 34.6 Å². The number of allylic oxidation sites excluding steroid dienone is 1. The van der Waals surface area contributed by atoms with E-state index >= 15 is 0 Å². The van der Waals surface area contributed by atoms with Crippen molar-refractivity contribution in [1.82, 2.24) is 24.3 Å². The molecule has 0 saturated carbocycles. The molecule has 3 amide bonds. The molecule has 0 unspecified atom stereocenters. The zero-order valence-corrected chi connectivity index (χ0v) is 25.8. The van der Waals surface area contributed by atoms with E-state index in [1.807, 2.05) is 20.8 Å². The molecule has 43 heavy (non-hydrogen) atoms. The number of hydrogen-bond donors (Lipinski definition) is 3. The van der Waals surface area contributed by atoms with Gasteiger partial charge in [-0.3, -0.25) is 19.4 Å². The van der Waals surface area contributed by atoms with Crippen molar-refractivity contribution < 1.29 is 23.9 Å². The van der Waals surface area contributed by atoms with Gasteiger partial charge < -0.3 is 29.8 Å². The number of likely N-dealkylation sites (N-methyl/N-ethyl adjacent to an activating group) is 1. The molecule has 0 fully saturated rings. The molecule has 11 nitrogen and oxygen atoms in total. The molecule has 1 atom stereocenters. The number of carbonyl (C=O) groups excluding carboxylic acids is 2. The number of rotatable bonds is 12. The van der Waals surface area contributed by atoms with E-state index in [0.717, 1.165) is 10.5 Å². The number of carbonyl (C=O) groups is 3. The van der Waals surface area contributed by atoms with Crippen LogP contribution in [0.25, 0.3) is 11.0 Å². The minimum Gasteiger partial charge on any atom is -0.465 e. The van der Waals surface area contributed by atoms with Crippen LogP contribution >= 0.6 is 0 Å². The number of aromatic nitrogens is 3. The second-order valence-corrected chi connectivity index (χ2v) is 11.5. The molecule has 232 valence electrons. The molecule has 0 aliphatic rings. The fourth-order valence-corrected chi connectivity index (χ4v) is 4.80. The topological polar surface area (TPSA) is 141 Å². The second-order valence-electron chi connectivity index (χ2n) is 11.5. The fourth-order valence-electron chi connectivity index (χ4n) is 4.80. The normalized spacial score (nSPS) is 12.2. The minimum atomic E-state index is -1.19. The maximum absolute atomic E-state index is 14.7. The minimum absolute atomic E-state index is 0.0512. The molecule has 3 rings (SSSR count). The summed E-state index contributed by atoms with van der Waals surface area (Å²) in [6.45, 7) is 7.73. The summed E-state index contributed by atoms with van der Waals surface area (Å²) < 4.78 is 16.2. The molecule has 0 aromatic carbocycles. The van der Waals surface area contributed by atoms with Gasteiger partial charge in [-0.1, -0.05) is 19.9 Å². The molecule has 0 radical (unpaired) electrons. The van der Waals surface area contributed by atoms with Crippen LogP contribution in [0.4, 0.5) is 14.9 Å². The third-order valence-electron chi connectivity index (χ3n) is 7.37. The number of H-pyrrole nitrogens is 1. The highest BCUT2D eigenvalue weighted by atomic mass is 19.1. The summed E-state index contributed by atoms with van der Waals surface area (Å²) in [7, 11) is 4.61. The van der Waals surface area contributed by atoms with Crippen LogP contribution in [0, 0.1) is 31.5 Å². The lowest BCUT2D eigenvalue weighted by Gasteiger charge is -2.21. The molecular formula is C31H41FN6O5. The number of amides is 3. The Morgan fingerprint density at radius 3 is 2.51 bits per heavy atom. The molecule has 3 N–H and O–H groups in total. The third-order valence-corrected chi connectivity index (χ3v) is 7.37. The molecular weight excluding hydrogens is 555 g/mol. The van der Waals surface area contributed by atoms with E-state index in [2.05, 4.69) is 15.3 Å². The summed E-state index contributed by atoms with van der Waals surface area (Å²) in [6, 6.07) is 3.24. The van der Waals surface area contributed by atoms with E-state index in [9.17, 15) is 28.7 Å². The Morgan fingerprint density at radius 1 is 1.19 bits per heavy atom. The number of pyridine rings is 2. The fraction of sp³-hybridized carbons (Fsp3) is 0.452. The maximum atomic E-state index is 14.7. The van der Waals surface area contributed by atoms with Crippen molar-refractivity contribution in [2.45, 2.75) is 53.5 Å². The van der Waals surface area contributed by atoms with Crippen molar-refractivity contribution in [3.63, 3.8) is 0 Å². The van der Waals surface area contributed by atoms with E-state index in [1.54, 1.807) is 33.2 Å². The van der Waals surface area contributed by atoms with Gasteiger partial charge in [0.25, 0.3) is 5.56 Å². The number of anilines is 1. The number of hydrogen-bond acceptors (Lipinski definition) is 5. The molecule has 3 heterocycles. The van der Waals surface area contributed by atoms with Gasteiger partial charge in [-0.25, -0.2) is 9.18 Å². The standard InChI is InChI=1S/C31H41FN6O5/c1-18(2)14-22-23(32)15-33-27-20(4)25(34-28(22)27)17-38-19(3)12-13-24(30(38)41)35-29(40)21(16-37(7)31(42)43)10-8-9-11-26(39)36(5)6/h9,11-13,15,18,21,34H,8,10,14,16-17H2,1-7H3,(H,35,40)(H,42,43)/b11-9+/t21-/m0/s1. The van der Waals surface area contributed by atoms with E-state index in [1.165, 1.54) is 34.9 Å². The van der Waals surface area contributed by atoms with Gasteiger partial charge in [0.05, 0.1) is 29.7 Å². The van der Waals surface area contributed by atoms with Crippen molar-refractivity contribution in [2.24, 2.45) is 11.8 Å².